The van der Waals surface area contributed by atoms with Crippen LogP contribution in [0.2, 0.25) is 0 Å². The van der Waals surface area contributed by atoms with E-state index in [9.17, 15) is 4.39 Å². The Morgan fingerprint density at radius 3 is 2.39 bits per heavy atom. The van der Waals surface area contributed by atoms with E-state index in [2.05, 4.69) is 25.8 Å². The van der Waals surface area contributed by atoms with E-state index in [0.29, 0.717) is 11.5 Å². The van der Waals surface area contributed by atoms with Crippen molar-refractivity contribution in [2.75, 3.05) is 10.6 Å². The van der Waals surface area contributed by atoms with Crippen molar-refractivity contribution in [3.8, 4) is 0 Å². The Morgan fingerprint density at radius 2 is 1.65 bits per heavy atom. The molecule has 0 spiro atoms. The molecule has 0 saturated carbocycles. The number of para-hydroxylation sites is 2. The molecule has 0 aliphatic heterocycles. The van der Waals surface area contributed by atoms with Crippen LogP contribution < -0.4 is 10.6 Å². The third-order valence-electron chi connectivity index (χ3n) is 3.41. The molecule has 0 aliphatic rings. The summed E-state index contributed by atoms with van der Waals surface area (Å²) in [6, 6.07) is 12.4. The molecule has 0 aliphatic carbocycles. The molecule has 6 heteroatoms. The maximum absolute atomic E-state index is 13.7. The van der Waals surface area contributed by atoms with E-state index in [0.717, 1.165) is 16.8 Å². The molecule has 1 heterocycles. The molecular formula is C17H16FN5. The monoisotopic (exact) mass is 309 g/mol. The Kier molecular flexibility index (Phi) is 4.14. The Labute approximate surface area is 133 Å². The lowest BCUT2D eigenvalue weighted by molar-refractivity contribution is 0.631. The number of aryl methyl sites for hydroxylation is 2. The number of nitrogens with zero attached hydrogens (tertiary/aromatic N) is 3. The van der Waals surface area contributed by atoms with Gasteiger partial charge in [0.05, 0.1) is 11.9 Å². The molecule has 23 heavy (non-hydrogen) atoms. The van der Waals surface area contributed by atoms with Crippen molar-refractivity contribution in [3.05, 3.63) is 65.6 Å². The van der Waals surface area contributed by atoms with Crippen molar-refractivity contribution in [2.45, 2.75) is 13.8 Å². The lowest BCUT2D eigenvalue weighted by Gasteiger charge is -2.12. The lowest BCUT2D eigenvalue weighted by Crippen LogP contribution is -2.04. The Balaban J connectivity index is 1.84. The first-order valence-corrected chi connectivity index (χ1v) is 7.18. The summed E-state index contributed by atoms with van der Waals surface area (Å²) in [4.78, 5) is 4.32. The maximum atomic E-state index is 13.7. The fraction of sp³-hybridized carbons (Fsp3) is 0.118. The highest BCUT2D eigenvalue weighted by atomic mass is 19.1. The van der Waals surface area contributed by atoms with Gasteiger partial charge < -0.3 is 10.6 Å². The zero-order chi connectivity index (χ0) is 16.2. The van der Waals surface area contributed by atoms with E-state index in [-0.39, 0.29) is 11.8 Å². The molecule has 0 saturated heterocycles. The predicted octanol–water partition coefficient (Wildman–Crippen LogP) is 4.11. The summed E-state index contributed by atoms with van der Waals surface area (Å²) in [6.45, 7) is 4.03. The van der Waals surface area contributed by atoms with Gasteiger partial charge in [0, 0.05) is 5.69 Å². The minimum Gasteiger partial charge on any atom is -0.338 e. The van der Waals surface area contributed by atoms with Crippen LogP contribution in [0, 0.1) is 19.7 Å². The molecule has 0 atom stereocenters. The van der Waals surface area contributed by atoms with Crippen LogP contribution in [0.25, 0.3) is 0 Å². The van der Waals surface area contributed by atoms with Crippen LogP contribution in [0.1, 0.15) is 11.1 Å². The molecule has 3 aromatic rings. The van der Waals surface area contributed by atoms with Gasteiger partial charge in [-0.2, -0.15) is 10.1 Å². The van der Waals surface area contributed by atoms with Crippen molar-refractivity contribution >= 4 is 23.1 Å². The molecule has 1 aromatic heterocycles. The smallest absolute Gasteiger partial charge is 0.249 e. The van der Waals surface area contributed by atoms with Gasteiger partial charge in [-0.25, -0.2) is 4.39 Å². The molecule has 0 radical (unpaired) electrons. The Hall–Kier alpha value is -3.02. The second-order valence-corrected chi connectivity index (χ2v) is 5.16. The van der Waals surface area contributed by atoms with Crippen molar-refractivity contribution in [2.24, 2.45) is 0 Å². The van der Waals surface area contributed by atoms with Gasteiger partial charge in [0.25, 0.3) is 0 Å². The zero-order valence-corrected chi connectivity index (χ0v) is 12.8. The van der Waals surface area contributed by atoms with Gasteiger partial charge in [-0.1, -0.05) is 30.3 Å². The normalized spacial score (nSPS) is 10.4. The van der Waals surface area contributed by atoms with Crippen LogP contribution in [-0.2, 0) is 0 Å². The van der Waals surface area contributed by atoms with Gasteiger partial charge in [-0.3, -0.25) is 0 Å². The topological polar surface area (TPSA) is 62.7 Å². The molecule has 116 valence electrons. The number of halogens is 1. The number of hydrogen-bond acceptors (Lipinski definition) is 5. The highest BCUT2D eigenvalue weighted by Gasteiger charge is 2.07. The van der Waals surface area contributed by atoms with Gasteiger partial charge in [-0.05, 0) is 37.1 Å². The van der Waals surface area contributed by atoms with E-state index in [1.807, 2.05) is 32.0 Å². The summed E-state index contributed by atoms with van der Waals surface area (Å²) < 4.78 is 13.7. The van der Waals surface area contributed by atoms with Gasteiger partial charge in [0.2, 0.25) is 5.95 Å². The molecular weight excluding hydrogens is 293 g/mol. The minimum atomic E-state index is -0.371. The summed E-state index contributed by atoms with van der Waals surface area (Å²) in [5.74, 6) is 0.395. The second kappa shape index (κ2) is 6.39. The maximum Gasteiger partial charge on any atom is 0.249 e. The fourth-order valence-corrected chi connectivity index (χ4v) is 2.24. The number of nitrogens with one attached hydrogen (secondary N) is 2. The van der Waals surface area contributed by atoms with Gasteiger partial charge in [0.1, 0.15) is 5.82 Å². The number of aromatic nitrogens is 3. The molecule has 3 rings (SSSR count). The van der Waals surface area contributed by atoms with E-state index in [1.54, 1.807) is 18.2 Å². The minimum absolute atomic E-state index is 0.228. The van der Waals surface area contributed by atoms with Gasteiger partial charge in [-0.15, -0.1) is 5.10 Å². The second-order valence-electron chi connectivity index (χ2n) is 5.16. The van der Waals surface area contributed by atoms with Crippen LogP contribution in [0.15, 0.2) is 48.7 Å². The molecule has 0 amide bonds. The largest absolute Gasteiger partial charge is 0.338 e. The molecule has 2 N–H and O–H groups in total. The number of rotatable bonds is 4. The summed E-state index contributed by atoms with van der Waals surface area (Å²) in [5.41, 5.74) is 3.49. The average molecular weight is 309 g/mol. The van der Waals surface area contributed by atoms with Crippen LogP contribution in [0.4, 0.5) is 27.5 Å². The van der Waals surface area contributed by atoms with Crippen molar-refractivity contribution in [1.29, 1.82) is 0 Å². The SMILES string of the molecule is Cc1cccc(C)c1Nc1cnnc(Nc2ccccc2F)n1. The van der Waals surface area contributed by atoms with Crippen molar-refractivity contribution in [1.82, 2.24) is 15.2 Å². The van der Waals surface area contributed by atoms with E-state index in [4.69, 9.17) is 0 Å². The quantitative estimate of drug-likeness (QED) is 0.759. The molecule has 0 unspecified atom stereocenters. The fourth-order valence-electron chi connectivity index (χ4n) is 2.24. The predicted molar refractivity (Wildman–Crippen MR) is 88.7 cm³/mol. The first-order valence-electron chi connectivity index (χ1n) is 7.18. The number of benzene rings is 2. The van der Waals surface area contributed by atoms with E-state index < -0.39 is 0 Å². The van der Waals surface area contributed by atoms with Gasteiger partial charge >= 0.3 is 0 Å². The third-order valence-corrected chi connectivity index (χ3v) is 3.41. The standard InChI is InChI=1S/C17H16FN5/c1-11-6-5-7-12(2)16(11)21-15-10-19-23-17(22-15)20-14-9-4-3-8-13(14)18/h3-10H,1-2H3,(H2,20,21,22,23). The zero-order valence-electron chi connectivity index (χ0n) is 12.8. The lowest BCUT2D eigenvalue weighted by atomic mass is 10.1. The average Bonchev–Trinajstić information content (AvgIpc) is 2.54. The van der Waals surface area contributed by atoms with Gasteiger partial charge in [0.15, 0.2) is 5.82 Å². The molecule has 5 nitrogen and oxygen atoms in total. The first kappa shape index (κ1) is 14.9. The summed E-state index contributed by atoms with van der Waals surface area (Å²) in [7, 11) is 0. The molecule has 0 bridgehead atoms. The van der Waals surface area contributed by atoms with Crippen LogP contribution in [-0.4, -0.2) is 15.2 Å². The highest BCUT2D eigenvalue weighted by molar-refractivity contribution is 5.65. The van der Waals surface area contributed by atoms with Crippen LogP contribution in [0.3, 0.4) is 0 Å². The van der Waals surface area contributed by atoms with Crippen LogP contribution >= 0.6 is 0 Å². The summed E-state index contributed by atoms with van der Waals surface area (Å²) in [6.07, 6.45) is 1.53. The Morgan fingerprint density at radius 1 is 0.913 bits per heavy atom. The van der Waals surface area contributed by atoms with E-state index in [1.165, 1.54) is 12.3 Å². The Bertz CT molecular complexity index is 814. The van der Waals surface area contributed by atoms with E-state index >= 15 is 0 Å². The number of hydrogen-bond donors (Lipinski definition) is 2. The summed E-state index contributed by atoms with van der Waals surface area (Å²) in [5, 5.41) is 13.9. The molecule has 0 fully saturated rings. The number of anilines is 4. The van der Waals surface area contributed by atoms with Crippen molar-refractivity contribution < 1.29 is 4.39 Å². The summed E-state index contributed by atoms with van der Waals surface area (Å²) >= 11 is 0. The van der Waals surface area contributed by atoms with Crippen molar-refractivity contribution in [3.63, 3.8) is 0 Å². The highest BCUT2D eigenvalue weighted by Crippen LogP contribution is 2.23. The molecule has 2 aromatic carbocycles. The van der Waals surface area contributed by atoms with Crippen LogP contribution in [0.5, 0.6) is 0 Å². The third kappa shape index (κ3) is 3.42. The first-order chi connectivity index (χ1) is 11.1.